The van der Waals surface area contributed by atoms with Gasteiger partial charge in [0.2, 0.25) is 5.00 Å². The second kappa shape index (κ2) is 4.18. The summed E-state index contributed by atoms with van der Waals surface area (Å²) in [5, 5.41) is 8.81. The molecule has 82 valence electrons. The van der Waals surface area contributed by atoms with Gasteiger partial charge in [0.25, 0.3) is 0 Å². The fourth-order valence-electron chi connectivity index (χ4n) is 0.992. The predicted octanol–water partition coefficient (Wildman–Crippen LogP) is 2.30. The fraction of sp³-hybridized carbons (Fsp3) is 0.222. The number of benzene rings is 1. The molecule has 0 heterocycles. The van der Waals surface area contributed by atoms with Crippen molar-refractivity contribution in [3.63, 3.8) is 0 Å². The molecule has 0 bridgehead atoms. The van der Waals surface area contributed by atoms with Crippen molar-refractivity contribution in [3.05, 3.63) is 35.9 Å². The maximum Gasteiger partial charge on any atom is 0.342 e. The molecule has 6 heteroatoms. The van der Waals surface area contributed by atoms with E-state index in [4.69, 9.17) is 45.6 Å². The zero-order chi connectivity index (χ0) is 11.7. The summed E-state index contributed by atoms with van der Waals surface area (Å²) in [4.78, 5) is 8.53. The molecule has 0 saturated carbocycles. The van der Waals surface area contributed by atoms with Crippen LogP contribution in [0, 0.1) is 0 Å². The van der Waals surface area contributed by atoms with Crippen LogP contribution < -0.4 is 5.73 Å². The van der Waals surface area contributed by atoms with Gasteiger partial charge in [-0.3, -0.25) is 0 Å². The van der Waals surface area contributed by atoms with Crippen LogP contribution in [-0.4, -0.2) is 16.1 Å². The number of carbonyl (C=O) groups is 1. The standard InChI is InChI=1S/C9H8Cl3NO2/c10-8(11,9(12,13)7(14)15)6-4-2-1-3-5-6/h1-5H,13H2,(H,14,15)/t9-/m1/s1. The van der Waals surface area contributed by atoms with E-state index in [2.05, 4.69) is 0 Å². The quantitative estimate of drug-likeness (QED) is 0.653. The Morgan fingerprint density at radius 3 is 2.07 bits per heavy atom. The number of hydrogen-bond acceptors (Lipinski definition) is 2. The molecule has 0 fully saturated rings. The third-order valence-electron chi connectivity index (χ3n) is 1.90. The van der Waals surface area contributed by atoms with Crippen molar-refractivity contribution in [1.29, 1.82) is 0 Å². The molecule has 0 spiro atoms. The number of carboxylic acid groups (broad SMARTS) is 1. The zero-order valence-corrected chi connectivity index (χ0v) is 9.72. The van der Waals surface area contributed by atoms with Crippen LogP contribution in [0.2, 0.25) is 0 Å². The van der Waals surface area contributed by atoms with Gasteiger partial charge in [0, 0.05) is 0 Å². The highest BCUT2D eigenvalue weighted by Gasteiger charge is 2.52. The molecule has 0 amide bonds. The Bertz CT molecular complexity index is 365. The Balaban J connectivity index is 3.19. The average Bonchev–Trinajstić information content (AvgIpc) is 2.18. The zero-order valence-electron chi connectivity index (χ0n) is 7.45. The van der Waals surface area contributed by atoms with Gasteiger partial charge in [-0.15, -0.1) is 0 Å². The summed E-state index contributed by atoms with van der Waals surface area (Å²) in [6, 6.07) is 8.15. The second-order valence-electron chi connectivity index (χ2n) is 2.96. The minimum absolute atomic E-state index is 0.327. The molecular formula is C9H8Cl3NO2. The lowest BCUT2D eigenvalue weighted by Crippen LogP contribution is -2.54. The van der Waals surface area contributed by atoms with Crippen LogP contribution in [0.25, 0.3) is 0 Å². The van der Waals surface area contributed by atoms with Gasteiger partial charge in [0.05, 0.1) is 0 Å². The molecule has 0 saturated heterocycles. The maximum atomic E-state index is 10.8. The number of aliphatic carboxylic acids is 1. The summed E-state index contributed by atoms with van der Waals surface area (Å²) in [7, 11) is 0. The lowest BCUT2D eigenvalue weighted by atomic mass is 10.0. The van der Waals surface area contributed by atoms with Gasteiger partial charge < -0.3 is 10.8 Å². The molecule has 1 aromatic carbocycles. The van der Waals surface area contributed by atoms with E-state index < -0.39 is 15.3 Å². The number of rotatable bonds is 3. The molecule has 1 aromatic rings. The van der Waals surface area contributed by atoms with E-state index in [0.717, 1.165) is 0 Å². The number of hydrogen-bond donors (Lipinski definition) is 2. The third kappa shape index (κ3) is 2.21. The number of carboxylic acids is 1. The third-order valence-corrected chi connectivity index (χ3v) is 3.58. The lowest BCUT2D eigenvalue weighted by molar-refractivity contribution is -0.140. The van der Waals surface area contributed by atoms with Gasteiger partial charge >= 0.3 is 5.97 Å². The van der Waals surface area contributed by atoms with Crippen LogP contribution >= 0.6 is 34.8 Å². The van der Waals surface area contributed by atoms with Gasteiger partial charge in [0.1, 0.15) is 0 Å². The molecule has 0 aliphatic carbocycles. The maximum absolute atomic E-state index is 10.8. The van der Waals surface area contributed by atoms with E-state index in [9.17, 15) is 4.79 Å². The number of halogens is 3. The second-order valence-corrected chi connectivity index (χ2v) is 4.88. The summed E-state index contributed by atoms with van der Waals surface area (Å²) < 4.78 is -1.90. The first-order valence-corrected chi connectivity index (χ1v) is 5.08. The topological polar surface area (TPSA) is 63.3 Å². The van der Waals surface area contributed by atoms with Gasteiger partial charge in [-0.05, 0) is 5.56 Å². The van der Waals surface area contributed by atoms with Crippen molar-refractivity contribution < 1.29 is 9.90 Å². The van der Waals surface area contributed by atoms with E-state index in [0.29, 0.717) is 5.56 Å². The Morgan fingerprint density at radius 1 is 1.20 bits per heavy atom. The molecule has 3 nitrogen and oxygen atoms in total. The van der Waals surface area contributed by atoms with E-state index in [1.165, 1.54) is 0 Å². The van der Waals surface area contributed by atoms with Gasteiger partial charge in [-0.25, -0.2) is 4.79 Å². The highest BCUT2D eigenvalue weighted by molar-refractivity contribution is 6.56. The first-order valence-electron chi connectivity index (χ1n) is 3.94. The van der Waals surface area contributed by atoms with E-state index in [-0.39, 0.29) is 0 Å². The summed E-state index contributed by atoms with van der Waals surface area (Å²) in [6.45, 7) is 0. The first-order chi connectivity index (χ1) is 6.80. The number of alkyl halides is 3. The van der Waals surface area contributed by atoms with Gasteiger partial charge in [0.15, 0.2) is 4.33 Å². The van der Waals surface area contributed by atoms with Gasteiger partial charge in [-0.2, -0.15) is 0 Å². The van der Waals surface area contributed by atoms with Crippen molar-refractivity contribution in [2.45, 2.75) is 9.33 Å². The minimum atomic E-state index is -2.28. The highest BCUT2D eigenvalue weighted by Crippen LogP contribution is 2.44. The Kier molecular flexibility index (Phi) is 3.51. The summed E-state index contributed by atoms with van der Waals surface area (Å²) in [6.07, 6.45) is 0. The van der Waals surface area contributed by atoms with E-state index in [1.54, 1.807) is 30.3 Å². The van der Waals surface area contributed by atoms with Gasteiger partial charge in [-0.1, -0.05) is 65.1 Å². The highest BCUT2D eigenvalue weighted by atomic mass is 35.5. The summed E-state index contributed by atoms with van der Waals surface area (Å²) in [5.41, 5.74) is 5.70. The smallest absolute Gasteiger partial charge is 0.342 e. The van der Waals surface area contributed by atoms with E-state index in [1.807, 2.05) is 0 Å². The molecule has 1 atom stereocenters. The molecule has 15 heavy (non-hydrogen) atoms. The average molecular weight is 269 g/mol. The lowest BCUT2D eigenvalue weighted by Gasteiger charge is -2.31. The molecular weight excluding hydrogens is 260 g/mol. The fourth-order valence-corrected chi connectivity index (χ4v) is 1.51. The molecule has 0 aromatic heterocycles. The minimum Gasteiger partial charge on any atom is -0.479 e. The molecule has 1 rings (SSSR count). The van der Waals surface area contributed by atoms with Crippen LogP contribution in [0.1, 0.15) is 5.56 Å². The van der Waals surface area contributed by atoms with Crippen molar-refractivity contribution in [1.82, 2.24) is 0 Å². The molecule has 0 aliphatic rings. The molecule has 0 aliphatic heterocycles. The van der Waals surface area contributed by atoms with Crippen molar-refractivity contribution in [2.75, 3.05) is 0 Å². The normalized spacial score (nSPS) is 15.7. The van der Waals surface area contributed by atoms with Crippen molar-refractivity contribution in [3.8, 4) is 0 Å². The largest absolute Gasteiger partial charge is 0.479 e. The molecule has 3 N–H and O–H groups in total. The van der Waals surface area contributed by atoms with Crippen LogP contribution in [0.3, 0.4) is 0 Å². The molecule has 0 radical (unpaired) electrons. The van der Waals surface area contributed by atoms with Crippen LogP contribution in [0.15, 0.2) is 30.3 Å². The van der Waals surface area contributed by atoms with Crippen LogP contribution in [0.4, 0.5) is 0 Å². The van der Waals surface area contributed by atoms with Crippen LogP contribution in [-0.2, 0) is 9.13 Å². The Morgan fingerprint density at radius 2 is 1.67 bits per heavy atom. The summed E-state index contributed by atoms with van der Waals surface area (Å²) in [5.74, 6) is -1.49. The van der Waals surface area contributed by atoms with Crippen molar-refractivity contribution >= 4 is 40.8 Å². The van der Waals surface area contributed by atoms with E-state index >= 15 is 0 Å². The Labute approximate surface area is 102 Å². The summed E-state index contributed by atoms with van der Waals surface area (Å²) >= 11 is 17.4. The SMILES string of the molecule is N[C@](Cl)(C(=O)O)C(Cl)(Cl)c1ccccc1. The first kappa shape index (κ1) is 12.6. The van der Waals surface area contributed by atoms with Crippen molar-refractivity contribution in [2.24, 2.45) is 5.73 Å². The predicted molar refractivity (Wildman–Crippen MR) is 60.2 cm³/mol. The monoisotopic (exact) mass is 267 g/mol. The van der Waals surface area contributed by atoms with Crippen LogP contribution in [0.5, 0.6) is 0 Å². The molecule has 0 unspecified atom stereocenters. The Hall–Kier alpha value is -0.480. The number of nitrogens with two attached hydrogens (primary N) is 1.